The fourth-order valence-corrected chi connectivity index (χ4v) is 2.25. The molecular formula is C14H21ClN2O. The molecular weight excluding hydrogens is 248 g/mol. The van der Waals surface area contributed by atoms with Crippen LogP contribution in [-0.2, 0) is 4.79 Å². The number of hydrogen-bond donors (Lipinski definition) is 2. The summed E-state index contributed by atoms with van der Waals surface area (Å²) >= 11 is 0. The molecule has 0 bridgehead atoms. The minimum absolute atomic E-state index is 0. The third-order valence-electron chi connectivity index (χ3n) is 3.42. The molecule has 1 heterocycles. The zero-order valence-corrected chi connectivity index (χ0v) is 11.8. The van der Waals surface area contributed by atoms with Crippen molar-refractivity contribution in [3.05, 3.63) is 29.8 Å². The van der Waals surface area contributed by atoms with Crippen LogP contribution in [0.2, 0.25) is 0 Å². The van der Waals surface area contributed by atoms with Crippen molar-refractivity contribution >= 4 is 24.0 Å². The molecule has 1 aliphatic heterocycles. The summed E-state index contributed by atoms with van der Waals surface area (Å²) in [5.74, 6) is 0.121. The van der Waals surface area contributed by atoms with Crippen molar-refractivity contribution in [2.24, 2.45) is 5.41 Å². The van der Waals surface area contributed by atoms with Crippen molar-refractivity contribution in [1.29, 1.82) is 0 Å². The topological polar surface area (TPSA) is 41.1 Å². The Morgan fingerprint density at radius 3 is 2.83 bits per heavy atom. The molecule has 2 N–H and O–H groups in total. The first-order chi connectivity index (χ1) is 8.10. The quantitative estimate of drug-likeness (QED) is 0.866. The Bertz CT molecular complexity index is 414. The molecule has 1 amide bonds. The van der Waals surface area contributed by atoms with Crippen LogP contribution >= 0.6 is 12.4 Å². The van der Waals surface area contributed by atoms with E-state index in [9.17, 15) is 4.79 Å². The number of carbonyl (C=O) groups excluding carboxylic acids is 1. The van der Waals surface area contributed by atoms with E-state index in [4.69, 9.17) is 0 Å². The molecule has 100 valence electrons. The summed E-state index contributed by atoms with van der Waals surface area (Å²) in [5, 5.41) is 6.31. The molecule has 1 saturated heterocycles. The number of anilines is 1. The van der Waals surface area contributed by atoms with Crippen molar-refractivity contribution in [1.82, 2.24) is 5.32 Å². The van der Waals surface area contributed by atoms with Gasteiger partial charge >= 0.3 is 0 Å². The standard InChI is InChI=1S/C14H20N2O.ClH/c1-11-5-3-6-12(9-11)16-13(17)14(2)7-4-8-15-10-14;/h3,5-6,9,15H,4,7-8,10H2,1-2H3,(H,16,17);1H. The Labute approximate surface area is 115 Å². The number of aryl methyl sites for hydroxylation is 1. The van der Waals surface area contributed by atoms with Crippen LogP contribution in [-0.4, -0.2) is 19.0 Å². The summed E-state index contributed by atoms with van der Waals surface area (Å²) in [6.45, 7) is 5.85. The zero-order chi connectivity index (χ0) is 12.3. The van der Waals surface area contributed by atoms with E-state index >= 15 is 0 Å². The van der Waals surface area contributed by atoms with Crippen LogP contribution < -0.4 is 10.6 Å². The smallest absolute Gasteiger partial charge is 0.231 e. The van der Waals surface area contributed by atoms with E-state index in [1.807, 2.05) is 38.1 Å². The van der Waals surface area contributed by atoms with Crippen LogP contribution in [0.25, 0.3) is 0 Å². The molecule has 1 aromatic rings. The van der Waals surface area contributed by atoms with Crippen molar-refractivity contribution in [2.75, 3.05) is 18.4 Å². The Morgan fingerprint density at radius 1 is 1.44 bits per heavy atom. The van der Waals surface area contributed by atoms with E-state index in [-0.39, 0.29) is 23.7 Å². The first kappa shape index (κ1) is 15.0. The van der Waals surface area contributed by atoms with Gasteiger partial charge in [0.05, 0.1) is 5.41 Å². The largest absolute Gasteiger partial charge is 0.326 e. The molecule has 0 spiro atoms. The lowest BCUT2D eigenvalue weighted by molar-refractivity contribution is -0.125. The highest BCUT2D eigenvalue weighted by Gasteiger charge is 2.34. The van der Waals surface area contributed by atoms with Gasteiger partial charge in [0.2, 0.25) is 5.91 Å². The molecule has 1 fully saturated rings. The van der Waals surface area contributed by atoms with E-state index < -0.39 is 0 Å². The van der Waals surface area contributed by atoms with Crippen LogP contribution in [0.1, 0.15) is 25.3 Å². The third kappa shape index (κ3) is 3.47. The highest BCUT2D eigenvalue weighted by Crippen LogP contribution is 2.27. The summed E-state index contributed by atoms with van der Waals surface area (Å²) in [6.07, 6.45) is 2.02. The summed E-state index contributed by atoms with van der Waals surface area (Å²) in [7, 11) is 0. The number of halogens is 1. The molecule has 1 unspecified atom stereocenters. The Balaban J connectivity index is 0.00000162. The van der Waals surface area contributed by atoms with E-state index in [0.717, 1.165) is 37.2 Å². The molecule has 1 atom stereocenters. The molecule has 0 aliphatic carbocycles. The van der Waals surface area contributed by atoms with E-state index in [0.29, 0.717) is 0 Å². The molecule has 2 rings (SSSR count). The Morgan fingerprint density at radius 2 is 2.22 bits per heavy atom. The number of nitrogens with one attached hydrogen (secondary N) is 2. The average molecular weight is 269 g/mol. The zero-order valence-electron chi connectivity index (χ0n) is 11.0. The van der Waals surface area contributed by atoms with Crippen molar-refractivity contribution in [3.63, 3.8) is 0 Å². The van der Waals surface area contributed by atoms with Crippen LogP contribution in [0.3, 0.4) is 0 Å². The van der Waals surface area contributed by atoms with Gasteiger partial charge in [-0.25, -0.2) is 0 Å². The first-order valence-electron chi connectivity index (χ1n) is 6.19. The molecule has 3 nitrogen and oxygen atoms in total. The van der Waals surface area contributed by atoms with Gasteiger partial charge in [0.25, 0.3) is 0 Å². The van der Waals surface area contributed by atoms with E-state index in [1.54, 1.807) is 0 Å². The molecule has 0 aromatic heterocycles. The lowest BCUT2D eigenvalue weighted by Crippen LogP contribution is -2.46. The minimum atomic E-state index is -0.276. The summed E-state index contributed by atoms with van der Waals surface area (Å²) in [5.41, 5.74) is 1.78. The van der Waals surface area contributed by atoms with Crippen LogP contribution in [0.15, 0.2) is 24.3 Å². The number of hydrogen-bond acceptors (Lipinski definition) is 2. The highest BCUT2D eigenvalue weighted by molar-refractivity contribution is 5.95. The average Bonchev–Trinajstić information content (AvgIpc) is 2.30. The van der Waals surface area contributed by atoms with Gasteiger partial charge in [0.15, 0.2) is 0 Å². The summed E-state index contributed by atoms with van der Waals surface area (Å²) < 4.78 is 0. The van der Waals surface area contributed by atoms with E-state index in [1.165, 1.54) is 0 Å². The SMILES string of the molecule is Cc1cccc(NC(=O)C2(C)CCCNC2)c1.Cl. The van der Waals surface area contributed by atoms with Crippen LogP contribution in [0.5, 0.6) is 0 Å². The lowest BCUT2D eigenvalue weighted by Gasteiger charge is -2.32. The predicted octanol–water partition coefficient (Wildman–Crippen LogP) is 2.75. The maximum absolute atomic E-state index is 12.2. The Hall–Kier alpha value is -1.06. The molecule has 0 radical (unpaired) electrons. The van der Waals surface area contributed by atoms with Gasteiger partial charge in [-0.05, 0) is 50.9 Å². The van der Waals surface area contributed by atoms with Gasteiger partial charge in [0, 0.05) is 12.2 Å². The number of amides is 1. The van der Waals surface area contributed by atoms with Gasteiger partial charge in [-0.1, -0.05) is 12.1 Å². The molecule has 0 saturated carbocycles. The summed E-state index contributed by atoms with van der Waals surface area (Å²) in [4.78, 5) is 12.2. The molecule has 1 aromatic carbocycles. The molecule has 18 heavy (non-hydrogen) atoms. The first-order valence-corrected chi connectivity index (χ1v) is 6.19. The van der Waals surface area contributed by atoms with Crippen molar-refractivity contribution < 1.29 is 4.79 Å². The summed E-state index contributed by atoms with van der Waals surface area (Å²) in [6, 6.07) is 7.92. The highest BCUT2D eigenvalue weighted by atomic mass is 35.5. The van der Waals surface area contributed by atoms with Gasteiger partial charge < -0.3 is 10.6 Å². The number of rotatable bonds is 2. The fourth-order valence-electron chi connectivity index (χ4n) is 2.25. The fraction of sp³-hybridized carbons (Fsp3) is 0.500. The molecule has 4 heteroatoms. The second-order valence-electron chi connectivity index (χ2n) is 5.16. The van der Waals surface area contributed by atoms with Crippen molar-refractivity contribution in [3.8, 4) is 0 Å². The molecule has 1 aliphatic rings. The van der Waals surface area contributed by atoms with Gasteiger partial charge in [0.1, 0.15) is 0 Å². The number of piperidine rings is 1. The van der Waals surface area contributed by atoms with Crippen molar-refractivity contribution in [2.45, 2.75) is 26.7 Å². The minimum Gasteiger partial charge on any atom is -0.326 e. The maximum Gasteiger partial charge on any atom is 0.231 e. The van der Waals surface area contributed by atoms with E-state index in [2.05, 4.69) is 10.6 Å². The second kappa shape index (κ2) is 6.21. The second-order valence-corrected chi connectivity index (χ2v) is 5.16. The van der Waals surface area contributed by atoms with Crippen LogP contribution in [0, 0.1) is 12.3 Å². The van der Waals surface area contributed by atoms with Gasteiger partial charge in [-0.3, -0.25) is 4.79 Å². The lowest BCUT2D eigenvalue weighted by atomic mass is 9.82. The predicted molar refractivity (Wildman–Crippen MR) is 77.3 cm³/mol. The normalized spacial score (nSPS) is 23.0. The Kier molecular flexibility index (Phi) is 5.17. The van der Waals surface area contributed by atoms with Gasteiger partial charge in [-0.15, -0.1) is 12.4 Å². The third-order valence-corrected chi connectivity index (χ3v) is 3.42. The monoisotopic (exact) mass is 268 g/mol. The maximum atomic E-state index is 12.2. The van der Waals surface area contributed by atoms with Crippen LogP contribution in [0.4, 0.5) is 5.69 Å². The van der Waals surface area contributed by atoms with Gasteiger partial charge in [-0.2, -0.15) is 0 Å². The number of carbonyl (C=O) groups is 1. The number of benzene rings is 1.